The summed E-state index contributed by atoms with van der Waals surface area (Å²) >= 11 is 0. The molecule has 0 bridgehead atoms. The standard InChI is InChI=1S/C14H26N2O4/c1-13(2,3)11(18)15-9-7-8-10(17)16(6)14(4,5)12(19)20/h7-9H2,1-6H3,(H,15,18)(H,19,20). The lowest BCUT2D eigenvalue weighted by Gasteiger charge is -2.31. The summed E-state index contributed by atoms with van der Waals surface area (Å²) in [4.78, 5) is 35.8. The van der Waals surface area contributed by atoms with Gasteiger partial charge < -0.3 is 15.3 Å². The Kier molecular flexibility index (Phi) is 6.19. The Labute approximate surface area is 120 Å². The van der Waals surface area contributed by atoms with E-state index in [9.17, 15) is 14.4 Å². The molecule has 0 rings (SSSR count). The predicted molar refractivity (Wildman–Crippen MR) is 76.2 cm³/mol. The normalized spacial score (nSPS) is 11.9. The van der Waals surface area contributed by atoms with Crippen molar-refractivity contribution in [3.63, 3.8) is 0 Å². The zero-order chi connectivity index (χ0) is 16.1. The van der Waals surface area contributed by atoms with Gasteiger partial charge in [-0.05, 0) is 20.3 Å². The van der Waals surface area contributed by atoms with Crippen LogP contribution in [0.2, 0.25) is 0 Å². The van der Waals surface area contributed by atoms with Crippen LogP contribution in [0.25, 0.3) is 0 Å². The molecule has 0 fully saturated rings. The summed E-state index contributed by atoms with van der Waals surface area (Å²) in [7, 11) is 1.48. The molecule has 0 unspecified atom stereocenters. The summed E-state index contributed by atoms with van der Waals surface area (Å²) in [6, 6.07) is 0. The van der Waals surface area contributed by atoms with Gasteiger partial charge in [-0.2, -0.15) is 0 Å². The molecule has 116 valence electrons. The van der Waals surface area contributed by atoms with Gasteiger partial charge in [0.25, 0.3) is 0 Å². The molecule has 2 amide bonds. The number of carbonyl (C=O) groups is 3. The summed E-state index contributed by atoms with van der Waals surface area (Å²) in [5.41, 5.74) is -1.68. The molecule has 0 aromatic carbocycles. The van der Waals surface area contributed by atoms with E-state index < -0.39 is 16.9 Å². The van der Waals surface area contributed by atoms with E-state index in [0.29, 0.717) is 13.0 Å². The summed E-state index contributed by atoms with van der Waals surface area (Å²) in [5, 5.41) is 11.8. The Morgan fingerprint density at radius 3 is 2.00 bits per heavy atom. The highest BCUT2D eigenvalue weighted by molar-refractivity contribution is 5.86. The number of nitrogens with zero attached hydrogens (tertiary/aromatic N) is 1. The molecule has 6 nitrogen and oxygen atoms in total. The Morgan fingerprint density at radius 2 is 1.60 bits per heavy atom. The van der Waals surface area contributed by atoms with Crippen molar-refractivity contribution < 1.29 is 19.5 Å². The van der Waals surface area contributed by atoms with E-state index in [1.54, 1.807) is 0 Å². The van der Waals surface area contributed by atoms with Crippen molar-refractivity contribution >= 4 is 17.8 Å². The van der Waals surface area contributed by atoms with Crippen LogP contribution in [-0.4, -0.2) is 46.9 Å². The van der Waals surface area contributed by atoms with Crippen molar-refractivity contribution in [1.82, 2.24) is 10.2 Å². The molecule has 0 saturated carbocycles. The molecule has 0 aliphatic rings. The minimum Gasteiger partial charge on any atom is -0.480 e. The van der Waals surface area contributed by atoms with Gasteiger partial charge in [-0.1, -0.05) is 20.8 Å². The molecule has 0 atom stereocenters. The van der Waals surface area contributed by atoms with E-state index in [1.807, 2.05) is 20.8 Å². The molecule has 0 aromatic heterocycles. The second-order valence-electron chi connectivity index (χ2n) is 6.43. The van der Waals surface area contributed by atoms with Crippen LogP contribution in [0.5, 0.6) is 0 Å². The minimum atomic E-state index is -1.23. The lowest BCUT2D eigenvalue weighted by atomic mass is 9.96. The van der Waals surface area contributed by atoms with Gasteiger partial charge in [-0.25, -0.2) is 4.79 Å². The number of nitrogens with one attached hydrogen (secondary N) is 1. The molecule has 0 aliphatic carbocycles. The van der Waals surface area contributed by atoms with E-state index in [-0.39, 0.29) is 18.2 Å². The average molecular weight is 286 g/mol. The summed E-state index contributed by atoms with van der Waals surface area (Å²) in [6.45, 7) is 8.82. The third kappa shape index (κ3) is 5.19. The van der Waals surface area contributed by atoms with Gasteiger partial charge in [0.2, 0.25) is 11.8 Å². The van der Waals surface area contributed by atoms with Crippen LogP contribution in [-0.2, 0) is 14.4 Å². The molecule has 0 saturated heterocycles. The summed E-state index contributed by atoms with van der Waals surface area (Å²) in [5.74, 6) is -1.36. The molecule has 0 radical (unpaired) electrons. The minimum absolute atomic E-state index is 0.0656. The average Bonchev–Trinajstić information content (AvgIpc) is 2.31. The van der Waals surface area contributed by atoms with Gasteiger partial charge in [0.15, 0.2) is 0 Å². The van der Waals surface area contributed by atoms with E-state index in [0.717, 1.165) is 0 Å². The molecule has 0 aromatic rings. The van der Waals surface area contributed by atoms with Gasteiger partial charge in [-0.3, -0.25) is 9.59 Å². The van der Waals surface area contributed by atoms with Gasteiger partial charge >= 0.3 is 5.97 Å². The van der Waals surface area contributed by atoms with Crippen molar-refractivity contribution in [3.05, 3.63) is 0 Å². The molecule has 2 N–H and O–H groups in total. The van der Waals surface area contributed by atoms with Crippen molar-refractivity contribution in [2.24, 2.45) is 5.41 Å². The maximum atomic E-state index is 11.9. The first-order chi connectivity index (χ1) is 8.90. The lowest BCUT2D eigenvalue weighted by Crippen LogP contribution is -2.50. The Bertz CT molecular complexity index is 383. The SMILES string of the molecule is CN(C(=O)CCCNC(=O)C(C)(C)C)C(C)(C)C(=O)O. The van der Waals surface area contributed by atoms with Gasteiger partial charge in [0.1, 0.15) is 5.54 Å². The van der Waals surface area contributed by atoms with Crippen LogP contribution < -0.4 is 5.32 Å². The second-order valence-corrected chi connectivity index (χ2v) is 6.43. The number of hydrogen-bond acceptors (Lipinski definition) is 3. The number of rotatable bonds is 6. The highest BCUT2D eigenvalue weighted by Crippen LogP contribution is 2.15. The maximum Gasteiger partial charge on any atom is 0.329 e. The number of hydrogen-bond donors (Lipinski definition) is 2. The number of aliphatic carboxylic acids is 1. The zero-order valence-electron chi connectivity index (χ0n) is 13.2. The van der Waals surface area contributed by atoms with E-state index >= 15 is 0 Å². The van der Waals surface area contributed by atoms with Crippen LogP contribution in [0.1, 0.15) is 47.5 Å². The monoisotopic (exact) mass is 286 g/mol. The predicted octanol–water partition coefficient (Wildman–Crippen LogP) is 1.25. The topological polar surface area (TPSA) is 86.7 Å². The summed E-state index contributed by atoms with van der Waals surface area (Å²) < 4.78 is 0. The largest absolute Gasteiger partial charge is 0.480 e. The van der Waals surface area contributed by atoms with Crippen LogP contribution in [0, 0.1) is 5.41 Å². The van der Waals surface area contributed by atoms with Crippen molar-refractivity contribution in [2.75, 3.05) is 13.6 Å². The van der Waals surface area contributed by atoms with E-state index in [1.165, 1.54) is 25.8 Å². The number of carboxylic acid groups (broad SMARTS) is 1. The first-order valence-electron chi connectivity index (χ1n) is 6.69. The molecule has 0 spiro atoms. The number of likely N-dealkylation sites (N-methyl/N-ethyl adjacent to an activating group) is 1. The lowest BCUT2D eigenvalue weighted by molar-refractivity contribution is -0.155. The third-order valence-electron chi connectivity index (χ3n) is 3.27. The molecule has 0 aliphatic heterocycles. The zero-order valence-corrected chi connectivity index (χ0v) is 13.2. The van der Waals surface area contributed by atoms with E-state index in [4.69, 9.17) is 5.11 Å². The molecule has 0 heterocycles. The van der Waals surface area contributed by atoms with Gasteiger partial charge in [0.05, 0.1) is 0 Å². The molecular weight excluding hydrogens is 260 g/mol. The highest BCUT2D eigenvalue weighted by atomic mass is 16.4. The van der Waals surface area contributed by atoms with Crippen molar-refractivity contribution in [2.45, 2.75) is 53.0 Å². The van der Waals surface area contributed by atoms with Crippen LogP contribution in [0.15, 0.2) is 0 Å². The first kappa shape index (κ1) is 18.4. The summed E-state index contributed by atoms with van der Waals surface area (Å²) in [6.07, 6.45) is 0.693. The third-order valence-corrected chi connectivity index (χ3v) is 3.27. The van der Waals surface area contributed by atoms with Crippen molar-refractivity contribution in [3.8, 4) is 0 Å². The first-order valence-corrected chi connectivity index (χ1v) is 6.69. The smallest absolute Gasteiger partial charge is 0.329 e. The van der Waals surface area contributed by atoms with Gasteiger partial charge in [0, 0.05) is 25.4 Å². The number of amides is 2. The fraction of sp³-hybridized carbons (Fsp3) is 0.786. The quantitative estimate of drug-likeness (QED) is 0.719. The Balaban J connectivity index is 4.20. The van der Waals surface area contributed by atoms with E-state index in [2.05, 4.69) is 5.32 Å². The Hall–Kier alpha value is -1.59. The second kappa shape index (κ2) is 6.72. The molecule has 6 heteroatoms. The highest BCUT2D eigenvalue weighted by Gasteiger charge is 2.34. The maximum absolute atomic E-state index is 11.9. The Morgan fingerprint density at radius 1 is 1.10 bits per heavy atom. The van der Waals surface area contributed by atoms with Crippen LogP contribution >= 0.6 is 0 Å². The van der Waals surface area contributed by atoms with Crippen molar-refractivity contribution in [1.29, 1.82) is 0 Å². The molecule has 20 heavy (non-hydrogen) atoms. The van der Waals surface area contributed by atoms with Gasteiger partial charge in [-0.15, -0.1) is 0 Å². The molecular formula is C14H26N2O4. The fourth-order valence-electron chi connectivity index (χ4n) is 1.33. The fourth-order valence-corrected chi connectivity index (χ4v) is 1.33. The van der Waals surface area contributed by atoms with Crippen LogP contribution in [0.3, 0.4) is 0 Å². The number of carboxylic acids is 1. The number of carbonyl (C=O) groups excluding carboxylic acids is 2. The van der Waals surface area contributed by atoms with Crippen LogP contribution in [0.4, 0.5) is 0 Å².